The second-order valence-electron chi connectivity index (χ2n) is 5.13. The fourth-order valence-corrected chi connectivity index (χ4v) is 2.50. The smallest absolute Gasteiger partial charge is 0.0911 e. The Morgan fingerprint density at radius 1 is 1.60 bits per heavy atom. The molecule has 0 aromatic rings. The zero-order valence-corrected chi connectivity index (χ0v) is 9.46. The predicted molar refractivity (Wildman–Crippen MR) is 60.1 cm³/mol. The summed E-state index contributed by atoms with van der Waals surface area (Å²) < 4.78 is 5.39. The number of hydrogen-bond donors (Lipinski definition) is 2. The van der Waals surface area contributed by atoms with E-state index in [-0.39, 0.29) is 0 Å². The number of hydrogen-bond acceptors (Lipinski definition) is 3. The van der Waals surface area contributed by atoms with Crippen LogP contribution in [0.3, 0.4) is 0 Å². The summed E-state index contributed by atoms with van der Waals surface area (Å²) >= 11 is 0. The molecule has 86 valence electrons. The normalized spacial score (nSPS) is 28.3. The van der Waals surface area contributed by atoms with Crippen LogP contribution in [-0.2, 0) is 4.74 Å². The standard InChI is InChI=1S/C11H21N3O/c1-14(9-2-5-15-7-9)8-11(3-4-11)6-10(12)13/h9H,2-8H2,1H3,(H3,12,13). The summed E-state index contributed by atoms with van der Waals surface area (Å²) in [6, 6.07) is 0.578. The van der Waals surface area contributed by atoms with Crippen LogP contribution in [0.25, 0.3) is 0 Å². The van der Waals surface area contributed by atoms with Crippen molar-refractivity contribution in [2.24, 2.45) is 11.1 Å². The lowest BCUT2D eigenvalue weighted by Crippen LogP contribution is -2.37. The van der Waals surface area contributed by atoms with Gasteiger partial charge in [0.25, 0.3) is 0 Å². The molecule has 1 aliphatic heterocycles. The highest BCUT2D eigenvalue weighted by atomic mass is 16.5. The minimum atomic E-state index is 0.323. The van der Waals surface area contributed by atoms with Crippen molar-refractivity contribution in [3.63, 3.8) is 0 Å². The van der Waals surface area contributed by atoms with E-state index in [1.165, 1.54) is 12.8 Å². The third kappa shape index (κ3) is 2.69. The highest BCUT2D eigenvalue weighted by Gasteiger charge is 2.44. The largest absolute Gasteiger partial charge is 0.388 e. The maximum atomic E-state index is 7.38. The van der Waals surface area contributed by atoms with Crippen molar-refractivity contribution in [1.82, 2.24) is 4.90 Å². The third-order valence-electron chi connectivity index (χ3n) is 3.64. The van der Waals surface area contributed by atoms with Gasteiger partial charge in [-0.25, -0.2) is 0 Å². The Bertz CT molecular complexity index is 244. The number of nitrogens with two attached hydrogens (primary N) is 1. The van der Waals surface area contributed by atoms with Crippen molar-refractivity contribution in [1.29, 1.82) is 5.41 Å². The highest BCUT2D eigenvalue weighted by Crippen LogP contribution is 2.49. The van der Waals surface area contributed by atoms with Crippen LogP contribution in [0.15, 0.2) is 0 Å². The minimum absolute atomic E-state index is 0.323. The van der Waals surface area contributed by atoms with E-state index in [4.69, 9.17) is 15.9 Å². The van der Waals surface area contributed by atoms with Crippen molar-refractivity contribution < 1.29 is 4.74 Å². The molecule has 0 aromatic heterocycles. The molecule has 0 radical (unpaired) electrons. The summed E-state index contributed by atoms with van der Waals surface area (Å²) in [5.41, 5.74) is 5.81. The van der Waals surface area contributed by atoms with Crippen LogP contribution >= 0.6 is 0 Å². The van der Waals surface area contributed by atoms with E-state index in [0.717, 1.165) is 32.6 Å². The molecule has 1 aliphatic carbocycles. The Morgan fingerprint density at radius 3 is 2.80 bits per heavy atom. The fourth-order valence-electron chi connectivity index (χ4n) is 2.50. The Balaban J connectivity index is 1.82. The summed E-state index contributed by atoms with van der Waals surface area (Å²) in [4.78, 5) is 2.39. The van der Waals surface area contributed by atoms with Crippen molar-refractivity contribution in [3.05, 3.63) is 0 Å². The quantitative estimate of drug-likeness (QED) is 0.522. The molecule has 2 fully saturated rings. The average Bonchev–Trinajstić information content (AvgIpc) is 2.68. The Morgan fingerprint density at radius 2 is 2.33 bits per heavy atom. The van der Waals surface area contributed by atoms with Gasteiger partial charge < -0.3 is 15.4 Å². The van der Waals surface area contributed by atoms with Crippen molar-refractivity contribution in [2.75, 3.05) is 26.8 Å². The van der Waals surface area contributed by atoms with Gasteiger partial charge in [-0.1, -0.05) is 0 Å². The van der Waals surface area contributed by atoms with Crippen molar-refractivity contribution in [3.8, 4) is 0 Å². The lowest BCUT2D eigenvalue weighted by atomic mass is 10.0. The van der Waals surface area contributed by atoms with Gasteiger partial charge in [-0.3, -0.25) is 5.41 Å². The summed E-state index contributed by atoms with van der Waals surface area (Å²) in [6.45, 7) is 2.84. The number of amidine groups is 1. The highest BCUT2D eigenvalue weighted by molar-refractivity contribution is 5.78. The third-order valence-corrected chi connectivity index (χ3v) is 3.64. The van der Waals surface area contributed by atoms with E-state index in [0.29, 0.717) is 17.3 Å². The molecule has 15 heavy (non-hydrogen) atoms. The molecule has 2 rings (SSSR count). The molecule has 0 spiro atoms. The average molecular weight is 211 g/mol. The van der Waals surface area contributed by atoms with Gasteiger partial charge in [0.1, 0.15) is 0 Å². The van der Waals surface area contributed by atoms with Crippen molar-refractivity contribution in [2.45, 2.75) is 31.7 Å². The van der Waals surface area contributed by atoms with Gasteiger partial charge >= 0.3 is 0 Å². The first-order valence-corrected chi connectivity index (χ1v) is 5.72. The molecule has 0 amide bonds. The number of nitrogens with zero attached hydrogens (tertiary/aromatic N) is 1. The molecule has 3 N–H and O–H groups in total. The van der Waals surface area contributed by atoms with Crippen LogP contribution in [0.4, 0.5) is 0 Å². The molecular weight excluding hydrogens is 190 g/mol. The monoisotopic (exact) mass is 211 g/mol. The summed E-state index contributed by atoms with van der Waals surface area (Å²) in [5, 5.41) is 7.38. The van der Waals surface area contributed by atoms with Gasteiger partial charge in [-0.15, -0.1) is 0 Å². The van der Waals surface area contributed by atoms with Gasteiger partial charge in [0.15, 0.2) is 0 Å². The maximum Gasteiger partial charge on any atom is 0.0911 e. The van der Waals surface area contributed by atoms with Crippen LogP contribution in [0, 0.1) is 10.8 Å². The zero-order chi connectivity index (χ0) is 10.9. The van der Waals surface area contributed by atoms with Crippen LogP contribution in [-0.4, -0.2) is 43.6 Å². The van der Waals surface area contributed by atoms with Crippen LogP contribution in [0.5, 0.6) is 0 Å². The second-order valence-corrected chi connectivity index (χ2v) is 5.13. The molecule has 4 heteroatoms. The molecule has 1 saturated carbocycles. The van der Waals surface area contributed by atoms with Crippen LogP contribution in [0.2, 0.25) is 0 Å². The van der Waals surface area contributed by atoms with Crippen LogP contribution < -0.4 is 5.73 Å². The number of likely N-dealkylation sites (N-methyl/N-ethyl adjacent to an activating group) is 1. The number of ether oxygens (including phenoxy) is 1. The van der Waals surface area contributed by atoms with Gasteiger partial charge in [-0.05, 0) is 31.7 Å². The van der Waals surface area contributed by atoms with Gasteiger partial charge in [0.2, 0.25) is 0 Å². The number of rotatable bonds is 5. The topological polar surface area (TPSA) is 62.3 Å². The molecular formula is C11H21N3O. The summed E-state index contributed by atoms with van der Waals surface area (Å²) in [6.07, 6.45) is 4.37. The minimum Gasteiger partial charge on any atom is -0.388 e. The first-order chi connectivity index (χ1) is 7.11. The van der Waals surface area contributed by atoms with E-state index in [2.05, 4.69) is 11.9 Å². The summed E-state index contributed by atoms with van der Waals surface area (Å²) in [5.74, 6) is 0.337. The molecule has 4 nitrogen and oxygen atoms in total. The van der Waals surface area contributed by atoms with E-state index in [1.54, 1.807) is 0 Å². The number of nitrogens with one attached hydrogen (secondary N) is 1. The Hall–Kier alpha value is -0.610. The molecule has 0 bridgehead atoms. The Kier molecular flexibility index (Phi) is 2.98. The van der Waals surface area contributed by atoms with Crippen molar-refractivity contribution >= 4 is 5.84 Å². The van der Waals surface area contributed by atoms with E-state index in [9.17, 15) is 0 Å². The molecule has 1 saturated heterocycles. The van der Waals surface area contributed by atoms with Gasteiger partial charge in [0.05, 0.1) is 12.4 Å². The summed E-state index contributed by atoms with van der Waals surface area (Å²) in [7, 11) is 2.17. The van der Waals surface area contributed by atoms with E-state index < -0.39 is 0 Å². The van der Waals surface area contributed by atoms with Crippen LogP contribution in [0.1, 0.15) is 25.7 Å². The predicted octanol–water partition coefficient (Wildman–Crippen LogP) is 0.813. The van der Waals surface area contributed by atoms with Gasteiger partial charge in [0, 0.05) is 25.6 Å². The lowest BCUT2D eigenvalue weighted by molar-refractivity contribution is 0.146. The molecule has 1 atom stereocenters. The van der Waals surface area contributed by atoms with E-state index in [1.807, 2.05) is 0 Å². The van der Waals surface area contributed by atoms with E-state index >= 15 is 0 Å². The second kappa shape index (κ2) is 4.10. The molecule has 2 aliphatic rings. The molecule has 1 heterocycles. The molecule has 1 unspecified atom stereocenters. The zero-order valence-electron chi connectivity index (χ0n) is 9.46. The van der Waals surface area contributed by atoms with Gasteiger partial charge in [-0.2, -0.15) is 0 Å². The first-order valence-electron chi connectivity index (χ1n) is 5.72. The lowest BCUT2D eigenvalue weighted by Gasteiger charge is -2.27. The maximum absolute atomic E-state index is 7.38. The SMILES string of the molecule is CN(CC1(CC(=N)N)CC1)C1CCOC1. The molecule has 0 aromatic carbocycles. The Labute approximate surface area is 91.3 Å². The first kappa shape index (κ1) is 10.9. The fraction of sp³-hybridized carbons (Fsp3) is 0.909.